The quantitative estimate of drug-likeness (QED) is 0.436. The van der Waals surface area contributed by atoms with E-state index < -0.39 is 5.82 Å². The lowest BCUT2D eigenvalue weighted by Gasteiger charge is -2.07. The summed E-state index contributed by atoms with van der Waals surface area (Å²) < 4.78 is 18.1. The third kappa shape index (κ3) is 2.38. The van der Waals surface area contributed by atoms with Crippen LogP contribution in [0.3, 0.4) is 0 Å². The highest BCUT2D eigenvalue weighted by atomic mass is 19.1. The average molecular weight is 179 g/mol. The number of terminal acetylenes is 1. The molecule has 0 aliphatic rings. The van der Waals surface area contributed by atoms with Crippen molar-refractivity contribution in [3.63, 3.8) is 0 Å². The zero-order valence-corrected chi connectivity index (χ0v) is 7.09. The molecule has 0 heterocycles. The molecule has 1 aromatic rings. The molecule has 0 atom stereocenters. The monoisotopic (exact) mass is 179 g/mol. The van der Waals surface area contributed by atoms with Gasteiger partial charge in [-0.2, -0.15) is 0 Å². The van der Waals surface area contributed by atoms with Gasteiger partial charge < -0.3 is 10.5 Å². The predicted molar refractivity (Wildman–Crippen MR) is 49.8 cm³/mol. The van der Waals surface area contributed by atoms with Gasteiger partial charge in [0, 0.05) is 6.42 Å². The standard InChI is InChI=1S/C10H10FNO/c1-2-3-7-13-10-8(11)5-4-6-9(10)12/h1,4-6H,3,7,12H2. The number of benzene rings is 1. The van der Waals surface area contributed by atoms with Crippen LogP contribution in [0.1, 0.15) is 6.42 Å². The SMILES string of the molecule is C#CCCOc1c(N)cccc1F. The van der Waals surface area contributed by atoms with Crippen LogP contribution in [0.5, 0.6) is 5.75 Å². The average Bonchev–Trinajstić information content (AvgIpc) is 2.10. The van der Waals surface area contributed by atoms with E-state index in [1.807, 2.05) is 0 Å². The zero-order valence-electron chi connectivity index (χ0n) is 7.09. The normalized spacial score (nSPS) is 9.23. The molecular weight excluding hydrogens is 169 g/mol. The minimum atomic E-state index is -0.461. The second kappa shape index (κ2) is 4.36. The Balaban J connectivity index is 2.71. The summed E-state index contributed by atoms with van der Waals surface area (Å²) in [6, 6.07) is 4.40. The van der Waals surface area contributed by atoms with Crippen molar-refractivity contribution in [2.75, 3.05) is 12.3 Å². The maximum Gasteiger partial charge on any atom is 0.177 e. The van der Waals surface area contributed by atoms with Crippen molar-refractivity contribution in [2.45, 2.75) is 6.42 Å². The molecule has 0 unspecified atom stereocenters. The van der Waals surface area contributed by atoms with Crippen molar-refractivity contribution in [3.05, 3.63) is 24.0 Å². The lowest BCUT2D eigenvalue weighted by molar-refractivity contribution is 0.312. The number of nitrogens with two attached hydrogens (primary N) is 1. The molecule has 0 aliphatic carbocycles. The van der Waals surface area contributed by atoms with Gasteiger partial charge in [0.15, 0.2) is 11.6 Å². The third-order valence-corrected chi connectivity index (χ3v) is 1.49. The summed E-state index contributed by atoms with van der Waals surface area (Å²) >= 11 is 0. The number of ether oxygens (including phenoxy) is 1. The Bertz CT molecular complexity index is 310. The Morgan fingerprint density at radius 1 is 1.54 bits per heavy atom. The first-order chi connectivity index (χ1) is 6.25. The van der Waals surface area contributed by atoms with Crippen LogP contribution in [0.25, 0.3) is 0 Å². The minimum absolute atomic E-state index is 0.0813. The third-order valence-electron chi connectivity index (χ3n) is 1.49. The Kier molecular flexibility index (Phi) is 3.15. The molecule has 0 saturated carbocycles. The van der Waals surface area contributed by atoms with Gasteiger partial charge in [0.05, 0.1) is 12.3 Å². The molecule has 68 valence electrons. The van der Waals surface area contributed by atoms with Gasteiger partial charge in [-0.3, -0.25) is 0 Å². The van der Waals surface area contributed by atoms with Gasteiger partial charge >= 0.3 is 0 Å². The van der Waals surface area contributed by atoms with E-state index >= 15 is 0 Å². The van der Waals surface area contributed by atoms with Crippen molar-refractivity contribution in [3.8, 4) is 18.1 Å². The maximum absolute atomic E-state index is 13.0. The highest BCUT2D eigenvalue weighted by Gasteiger charge is 2.05. The zero-order chi connectivity index (χ0) is 9.68. The summed E-state index contributed by atoms with van der Waals surface area (Å²) in [5.41, 5.74) is 5.78. The number of halogens is 1. The fraction of sp³-hybridized carbons (Fsp3) is 0.200. The highest BCUT2D eigenvalue weighted by Crippen LogP contribution is 2.24. The van der Waals surface area contributed by atoms with Crippen LogP contribution in [0.15, 0.2) is 18.2 Å². The summed E-state index contributed by atoms with van der Waals surface area (Å²) in [6.07, 6.45) is 5.45. The van der Waals surface area contributed by atoms with Gasteiger partial charge in [-0.1, -0.05) is 6.07 Å². The minimum Gasteiger partial charge on any atom is -0.487 e. The maximum atomic E-state index is 13.0. The van der Waals surface area contributed by atoms with E-state index in [-0.39, 0.29) is 18.0 Å². The number of anilines is 1. The van der Waals surface area contributed by atoms with Crippen LogP contribution in [0.2, 0.25) is 0 Å². The van der Waals surface area contributed by atoms with Crippen molar-refractivity contribution in [2.24, 2.45) is 0 Å². The van der Waals surface area contributed by atoms with E-state index in [1.165, 1.54) is 12.1 Å². The van der Waals surface area contributed by atoms with Crippen molar-refractivity contribution < 1.29 is 9.13 Å². The molecule has 1 aromatic carbocycles. The summed E-state index contributed by atoms with van der Waals surface area (Å²) in [7, 11) is 0. The molecule has 0 radical (unpaired) electrons. The predicted octanol–water partition coefficient (Wildman–Crippen LogP) is 1.81. The number of para-hydroxylation sites is 1. The van der Waals surface area contributed by atoms with Crippen LogP contribution in [0.4, 0.5) is 10.1 Å². The molecule has 0 amide bonds. The summed E-state index contributed by atoms with van der Waals surface area (Å²) in [5, 5.41) is 0. The Morgan fingerprint density at radius 2 is 2.31 bits per heavy atom. The van der Waals surface area contributed by atoms with Crippen LogP contribution >= 0.6 is 0 Å². The lowest BCUT2D eigenvalue weighted by Crippen LogP contribution is -2.01. The van der Waals surface area contributed by atoms with Crippen LogP contribution in [-0.2, 0) is 0 Å². The summed E-state index contributed by atoms with van der Waals surface area (Å²) in [5.74, 6) is 2.01. The molecular formula is C10H10FNO. The smallest absolute Gasteiger partial charge is 0.177 e. The van der Waals surface area contributed by atoms with E-state index in [2.05, 4.69) is 5.92 Å². The number of hydrogen-bond donors (Lipinski definition) is 1. The Morgan fingerprint density at radius 3 is 2.92 bits per heavy atom. The molecule has 1 rings (SSSR count). The van der Waals surface area contributed by atoms with Crippen molar-refractivity contribution in [1.82, 2.24) is 0 Å². The molecule has 0 aliphatic heterocycles. The summed E-state index contributed by atoms with van der Waals surface area (Å²) in [6.45, 7) is 0.279. The van der Waals surface area contributed by atoms with Crippen LogP contribution in [0, 0.1) is 18.2 Å². The molecule has 0 bridgehead atoms. The molecule has 0 fully saturated rings. The number of nitrogen functional groups attached to an aromatic ring is 1. The fourth-order valence-corrected chi connectivity index (χ4v) is 0.890. The van der Waals surface area contributed by atoms with Crippen molar-refractivity contribution in [1.29, 1.82) is 0 Å². The van der Waals surface area contributed by atoms with Gasteiger partial charge in [0.1, 0.15) is 0 Å². The Labute approximate surface area is 76.5 Å². The Hall–Kier alpha value is -1.69. The number of rotatable bonds is 3. The van der Waals surface area contributed by atoms with E-state index in [0.29, 0.717) is 6.42 Å². The van der Waals surface area contributed by atoms with Gasteiger partial charge in [-0.05, 0) is 12.1 Å². The first-order valence-electron chi connectivity index (χ1n) is 3.86. The lowest BCUT2D eigenvalue weighted by atomic mass is 10.3. The van der Waals surface area contributed by atoms with E-state index in [4.69, 9.17) is 16.9 Å². The van der Waals surface area contributed by atoms with Gasteiger partial charge in [-0.25, -0.2) is 4.39 Å². The molecule has 0 aromatic heterocycles. The fourth-order valence-electron chi connectivity index (χ4n) is 0.890. The second-order valence-electron chi connectivity index (χ2n) is 2.46. The highest BCUT2D eigenvalue weighted by molar-refractivity contribution is 5.52. The van der Waals surface area contributed by atoms with Crippen LogP contribution in [-0.4, -0.2) is 6.61 Å². The van der Waals surface area contributed by atoms with Gasteiger partial charge in [0.25, 0.3) is 0 Å². The van der Waals surface area contributed by atoms with E-state index in [0.717, 1.165) is 0 Å². The molecule has 2 nitrogen and oxygen atoms in total. The molecule has 3 heteroatoms. The molecule has 0 saturated heterocycles. The summed E-state index contributed by atoms with van der Waals surface area (Å²) in [4.78, 5) is 0. The first kappa shape index (κ1) is 9.40. The molecule has 0 spiro atoms. The second-order valence-corrected chi connectivity index (χ2v) is 2.46. The van der Waals surface area contributed by atoms with E-state index in [1.54, 1.807) is 6.07 Å². The topological polar surface area (TPSA) is 35.2 Å². The van der Waals surface area contributed by atoms with Crippen molar-refractivity contribution >= 4 is 5.69 Å². The molecule has 2 N–H and O–H groups in total. The van der Waals surface area contributed by atoms with Crippen LogP contribution < -0.4 is 10.5 Å². The van der Waals surface area contributed by atoms with Gasteiger partial charge in [-0.15, -0.1) is 12.3 Å². The number of hydrogen-bond acceptors (Lipinski definition) is 2. The van der Waals surface area contributed by atoms with Gasteiger partial charge in [0.2, 0.25) is 0 Å². The van der Waals surface area contributed by atoms with E-state index in [9.17, 15) is 4.39 Å². The molecule has 13 heavy (non-hydrogen) atoms. The largest absolute Gasteiger partial charge is 0.487 e. The first-order valence-corrected chi connectivity index (χ1v) is 3.86.